The number of benzene rings is 1. The van der Waals surface area contributed by atoms with E-state index in [1.54, 1.807) is 18.2 Å². The van der Waals surface area contributed by atoms with Crippen LogP contribution in [0.5, 0.6) is 0 Å². The van der Waals surface area contributed by atoms with Gasteiger partial charge >= 0.3 is 0 Å². The lowest BCUT2D eigenvalue weighted by Gasteiger charge is -2.30. The van der Waals surface area contributed by atoms with Gasteiger partial charge in [0.25, 0.3) is 0 Å². The van der Waals surface area contributed by atoms with Crippen molar-refractivity contribution in [3.63, 3.8) is 0 Å². The molecule has 0 aromatic heterocycles. The molecule has 1 aromatic carbocycles. The molecule has 1 aromatic rings. The largest absolute Gasteiger partial charge is 0.342 e. The Kier molecular flexibility index (Phi) is 4.33. The van der Waals surface area contributed by atoms with E-state index in [9.17, 15) is 9.59 Å². The van der Waals surface area contributed by atoms with Gasteiger partial charge in [0.15, 0.2) is 0 Å². The number of carbonyl (C=O) groups is 2. The Morgan fingerprint density at radius 3 is 2.36 bits per heavy atom. The normalized spacial score (nSPS) is 19.6. The van der Waals surface area contributed by atoms with E-state index in [2.05, 4.69) is 5.32 Å². The first-order valence-corrected chi connectivity index (χ1v) is 8.34. The number of nitrogens with zero attached hydrogens (tertiary/aromatic N) is 1. The Labute approximate surface area is 139 Å². The third-order valence-corrected chi connectivity index (χ3v) is 4.96. The van der Waals surface area contributed by atoms with Gasteiger partial charge in [0.05, 0.1) is 10.7 Å². The molecule has 118 valence electrons. The second-order valence-electron chi connectivity index (χ2n) is 6.01. The standard InChI is InChI=1S/C16H18Cl2N2O2/c17-11-4-5-13(12(18)10-11)19-14(21)16(6-7-16)15(22)20-8-2-1-3-9-20/h4-5,10H,1-3,6-9H2,(H,19,21). The second kappa shape index (κ2) is 6.09. The number of rotatable bonds is 3. The fraction of sp³-hybridized carbons (Fsp3) is 0.500. The summed E-state index contributed by atoms with van der Waals surface area (Å²) in [4.78, 5) is 27.1. The molecule has 0 unspecified atom stereocenters. The van der Waals surface area contributed by atoms with Crippen molar-refractivity contribution in [3.05, 3.63) is 28.2 Å². The van der Waals surface area contributed by atoms with E-state index < -0.39 is 5.41 Å². The van der Waals surface area contributed by atoms with Gasteiger partial charge in [0.1, 0.15) is 5.41 Å². The number of anilines is 1. The van der Waals surface area contributed by atoms with E-state index in [1.807, 2.05) is 4.90 Å². The molecule has 4 nitrogen and oxygen atoms in total. The molecule has 0 radical (unpaired) electrons. The van der Waals surface area contributed by atoms with Crippen molar-refractivity contribution in [1.82, 2.24) is 4.90 Å². The number of hydrogen-bond donors (Lipinski definition) is 1. The average molecular weight is 341 g/mol. The highest BCUT2D eigenvalue weighted by molar-refractivity contribution is 6.36. The van der Waals surface area contributed by atoms with Gasteiger partial charge in [0.2, 0.25) is 11.8 Å². The van der Waals surface area contributed by atoms with Crippen LogP contribution in [0.15, 0.2) is 18.2 Å². The van der Waals surface area contributed by atoms with Gasteiger partial charge in [-0.25, -0.2) is 0 Å². The van der Waals surface area contributed by atoms with Crippen LogP contribution in [0.2, 0.25) is 10.0 Å². The summed E-state index contributed by atoms with van der Waals surface area (Å²) in [5.74, 6) is -0.290. The molecule has 2 aliphatic rings. The molecule has 1 saturated carbocycles. The van der Waals surface area contributed by atoms with Gasteiger partial charge in [-0.3, -0.25) is 9.59 Å². The minimum Gasteiger partial charge on any atom is -0.342 e. The van der Waals surface area contributed by atoms with Gasteiger partial charge < -0.3 is 10.2 Å². The molecule has 1 aliphatic carbocycles. The molecule has 22 heavy (non-hydrogen) atoms. The van der Waals surface area contributed by atoms with E-state index in [0.717, 1.165) is 32.4 Å². The SMILES string of the molecule is O=C(Nc1ccc(Cl)cc1Cl)C1(C(=O)N2CCCCC2)CC1. The first-order valence-electron chi connectivity index (χ1n) is 7.59. The number of nitrogens with one attached hydrogen (secondary N) is 1. The quantitative estimate of drug-likeness (QED) is 0.852. The highest BCUT2D eigenvalue weighted by Gasteiger charge is 2.58. The number of likely N-dealkylation sites (tertiary alicyclic amines) is 1. The van der Waals surface area contributed by atoms with Crippen molar-refractivity contribution in [2.45, 2.75) is 32.1 Å². The van der Waals surface area contributed by atoms with E-state index in [1.165, 1.54) is 0 Å². The number of halogens is 2. The Morgan fingerprint density at radius 2 is 1.77 bits per heavy atom. The molecule has 1 aliphatic heterocycles. The van der Waals surface area contributed by atoms with Crippen LogP contribution in [-0.4, -0.2) is 29.8 Å². The van der Waals surface area contributed by atoms with Crippen molar-refractivity contribution in [2.24, 2.45) is 5.41 Å². The van der Waals surface area contributed by atoms with Gasteiger partial charge in [-0.1, -0.05) is 23.2 Å². The number of amides is 2. The fourth-order valence-corrected chi connectivity index (χ4v) is 3.35. The van der Waals surface area contributed by atoms with Crippen LogP contribution in [-0.2, 0) is 9.59 Å². The summed E-state index contributed by atoms with van der Waals surface area (Å²) in [6.07, 6.45) is 4.42. The summed E-state index contributed by atoms with van der Waals surface area (Å²) in [6, 6.07) is 4.89. The molecule has 0 atom stereocenters. The maximum Gasteiger partial charge on any atom is 0.240 e. The molecule has 0 spiro atoms. The average Bonchev–Trinajstić information content (AvgIpc) is 3.32. The first kappa shape index (κ1) is 15.6. The molecule has 1 heterocycles. The Bertz CT molecular complexity index is 608. The third kappa shape index (κ3) is 2.95. The Morgan fingerprint density at radius 1 is 1.09 bits per heavy atom. The predicted molar refractivity (Wildman–Crippen MR) is 87.2 cm³/mol. The highest BCUT2D eigenvalue weighted by atomic mass is 35.5. The van der Waals surface area contributed by atoms with E-state index in [0.29, 0.717) is 28.6 Å². The van der Waals surface area contributed by atoms with Crippen LogP contribution in [0.25, 0.3) is 0 Å². The van der Waals surface area contributed by atoms with Gasteiger partial charge in [-0.15, -0.1) is 0 Å². The van der Waals surface area contributed by atoms with Crippen LogP contribution >= 0.6 is 23.2 Å². The minimum atomic E-state index is -0.889. The highest BCUT2D eigenvalue weighted by Crippen LogP contribution is 2.48. The minimum absolute atomic E-state index is 0.0326. The molecule has 1 N–H and O–H groups in total. The lowest BCUT2D eigenvalue weighted by molar-refractivity contribution is -0.143. The fourth-order valence-electron chi connectivity index (χ4n) is 2.90. The molecular formula is C16H18Cl2N2O2. The molecule has 0 bridgehead atoms. The number of piperidine rings is 1. The lowest BCUT2D eigenvalue weighted by atomic mass is 10.0. The van der Waals surface area contributed by atoms with Crippen molar-refractivity contribution in [3.8, 4) is 0 Å². The topological polar surface area (TPSA) is 49.4 Å². The zero-order valence-corrected chi connectivity index (χ0v) is 13.7. The van der Waals surface area contributed by atoms with Crippen LogP contribution in [0.4, 0.5) is 5.69 Å². The second-order valence-corrected chi connectivity index (χ2v) is 6.86. The van der Waals surface area contributed by atoms with Crippen molar-refractivity contribution in [2.75, 3.05) is 18.4 Å². The van der Waals surface area contributed by atoms with Gasteiger partial charge in [-0.05, 0) is 50.3 Å². The smallest absolute Gasteiger partial charge is 0.240 e. The Hall–Kier alpha value is -1.26. The van der Waals surface area contributed by atoms with Crippen molar-refractivity contribution in [1.29, 1.82) is 0 Å². The summed E-state index contributed by atoms with van der Waals surface area (Å²) >= 11 is 11.9. The summed E-state index contributed by atoms with van der Waals surface area (Å²) < 4.78 is 0. The van der Waals surface area contributed by atoms with Crippen LogP contribution in [0.3, 0.4) is 0 Å². The van der Waals surface area contributed by atoms with Crippen molar-refractivity contribution >= 4 is 40.7 Å². The summed E-state index contributed by atoms with van der Waals surface area (Å²) in [7, 11) is 0. The Balaban J connectivity index is 1.72. The van der Waals surface area contributed by atoms with Crippen LogP contribution in [0.1, 0.15) is 32.1 Å². The maximum atomic E-state index is 12.7. The van der Waals surface area contributed by atoms with E-state index in [4.69, 9.17) is 23.2 Å². The summed E-state index contributed by atoms with van der Waals surface area (Å²) in [6.45, 7) is 1.52. The van der Waals surface area contributed by atoms with Gasteiger partial charge in [0, 0.05) is 18.1 Å². The lowest BCUT2D eigenvalue weighted by Crippen LogP contribution is -2.45. The van der Waals surface area contributed by atoms with Crippen LogP contribution < -0.4 is 5.32 Å². The number of carbonyl (C=O) groups excluding carboxylic acids is 2. The van der Waals surface area contributed by atoms with E-state index >= 15 is 0 Å². The molecule has 1 saturated heterocycles. The third-order valence-electron chi connectivity index (χ3n) is 4.42. The summed E-state index contributed by atoms with van der Waals surface area (Å²) in [5.41, 5.74) is -0.394. The zero-order valence-electron chi connectivity index (χ0n) is 12.2. The van der Waals surface area contributed by atoms with Crippen molar-refractivity contribution < 1.29 is 9.59 Å². The zero-order chi connectivity index (χ0) is 15.7. The van der Waals surface area contributed by atoms with E-state index in [-0.39, 0.29) is 11.8 Å². The first-order chi connectivity index (χ1) is 10.5. The predicted octanol–water partition coefficient (Wildman–Crippen LogP) is 3.72. The molecule has 2 amide bonds. The molecule has 2 fully saturated rings. The molecular weight excluding hydrogens is 323 g/mol. The number of hydrogen-bond acceptors (Lipinski definition) is 2. The molecule has 3 rings (SSSR count). The van der Waals surface area contributed by atoms with Gasteiger partial charge in [-0.2, -0.15) is 0 Å². The maximum absolute atomic E-state index is 12.7. The monoisotopic (exact) mass is 340 g/mol. The van der Waals surface area contributed by atoms with Crippen LogP contribution in [0, 0.1) is 5.41 Å². The summed E-state index contributed by atoms with van der Waals surface area (Å²) in [5, 5.41) is 3.67. The molecule has 6 heteroatoms.